The van der Waals surface area contributed by atoms with Crippen LogP contribution in [0.3, 0.4) is 0 Å². The van der Waals surface area contributed by atoms with Crippen molar-refractivity contribution < 1.29 is 9.90 Å². The number of β-amino-alcohol motifs (C(OH)–C–C–N with tert-alkyl or cyclic N) is 1. The Labute approximate surface area is 94.1 Å². The normalized spacial score (nSPS) is 20.7. The van der Waals surface area contributed by atoms with Gasteiger partial charge in [0.05, 0.1) is 6.10 Å². The number of hydrogen-bond donors (Lipinski definition) is 2. The summed E-state index contributed by atoms with van der Waals surface area (Å²) < 4.78 is 0. The van der Waals surface area contributed by atoms with Crippen molar-refractivity contribution in [2.24, 2.45) is 0 Å². The molecule has 15 heavy (non-hydrogen) atoms. The van der Waals surface area contributed by atoms with Crippen molar-refractivity contribution in [3.05, 3.63) is 29.8 Å². The Morgan fingerprint density at radius 1 is 1.53 bits per heavy atom. The highest BCUT2D eigenvalue weighted by Crippen LogP contribution is 2.15. The summed E-state index contributed by atoms with van der Waals surface area (Å²) in [5.41, 5.74) is 0.636. The van der Waals surface area contributed by atoms with Gasteiger partial charge in [-0.3, -0.25) is 4.79 Å². The lowest BCUT2D eigenvalue weighted by Crippen LogP contribution is -2.29. The quantitative estimate of drug-likeness (QED) is 0.702. The Kier molecular flexibility index (Phi) is 2.98. The summed E-state index contributed by atoms with van der Waals surface area (Å²) >= 11 is 4.19. The Hall–Kier alpha value is -1.00. The number of amides is 1. The first kappa shape index (κ1) is 10.5. The van der Waals surface area contributed by atoms with Gasteiger partial charge in [0.25, 0.3) is 5.91 Å². The SMILES string of the molecule is O=C(c1cccc(S)c1)N1CCC(O)C1. The van der Waals surface area contributed by atoms with E-state index < -0.39 is 0 Å². The molecule has 4 heteroatoms. The van der Waals surface area contributed by atoms with E-state index in [-0.39, 0.29) is 12.0 Å². The van der Waals surface area contributed by atoms with Crippen molar-refractivity contribution in [2.75, 3.05) is 13.1 Å². The van der Waals surface area contributed by atoms with E-state index in [1.807, 2.05) is 12.1 Å². The first-order valence-corrected chi connectivity index (χ1v) is 5.38. The number of likely N-dealkylation sites (tertiary alicyclic amines) is 1. The number of carbonyl (C=O) groups is 1. The molecule has 2 rings (SSSR count). The fraction of sp³-hybridized carbons (Fsp3) is 0.364. The average molecular weight is 223 g/mol. The summed E-state index contributed by atoms with van der Waals surface area (Å²) in [6.45, 7) is 1.08. The molecule has 1 saturated heterocycles. The molecule has 1 amide bonds. The van der Waals surface area contributed by atoms with Crippen molar-refractivity contribution >= 4 is 18.5 Å². The molecule has 1 aliphatic rings. The lowest BCUT2D eigenvalue weighted by Gasteiger charge is -2.15. The summed E-state index contributed by atoms with van der Waals surface area (Å²) in [5.74, 6) is -0.0255. The van der Waals surface area contributed by atoms with Crippen LogP contribution >= 0.6 is 12.6 Å². The minimum absolute atomic E-state index is 0.0255. The maximum atomic E-state index is 11.9. The van der Waals surface area contributed by atoms with Crippen LogP contribution in [0.5, 0.6) is 0 Å². The first-order valence-electron chi connectivity index (χ1n) is 4.93. The third-order valence-corrected chi connectivity index (χ3v) is 2.82. The molecule has 1 fully saturated rings. The highest BCUT2D eigenvalue weighted by atomic mass is 32.1. The number of benzene rings is 1. The molecule has 0 spiro atoms. The molecule has 0 saturated carbocycles. The molecular formula is C11H13NO2S. The van der Waals surface area contributed by atoms with Crippen LogP contribution in [-0.4, -0.2) is 35.1 Å². The number of nitrogens with zero attached hydrogens (tertiary/aromatic N) is 1. The second-order valence-electron chi connectivity index (χ2n) is 3.74. The van der Waals surface area contributed by atoms with Gasteiger partial charge in [-0.2, -0.15) is 0 Å². The third kappa shape index (κ3) is 2.33. The number of aliphatic hydroxyl groups excluding tert-OH is 1. The molecule has 1 N–H and O–H groups in total. The van der Waals surface area contributed by atoms with Gasteiger partial charge in [-0.25, -0.2) is 0 Å². The van der Waals surface area contributed by atoms with E-state index in [0.717, 1.165) is 4.90 Å². The molecule has 1 atom stereocenters. The van der Waals surface area contributed by atoms with E-state index >= 15 is 0 Å². The number of carbonyl (C=O) groups excluding carboxylic acids is 1. The predicted octanol–water partition coefficient (Wildman–Crippen LogP) is 1.18. The number of hydrogen-bond acceptors (Lipinski definition) is 3. The number of rotatable bonds is 1. The summed E-state index contributed by atoms with van der Waals surface area (Å²) in [4.78, 5) is 14.4. The summed E-state index contributed by atoms with van der Waals surface area (Å²) in [6, 6.07) is 7.16. The summed E-state index contributed by atoms with van der Waals surface area (Å²) in [7, 11) is 0. The van der Waals surface area contributed by atoms with Crippen LogP contribution < -0.4 is 0 Å². The molecule has 1 aromatic carbocycles. The van der Waals surface area contributed by atoms with Gasteiger partial charge >= 0.3 is 0 Å². The molecule has 0 radical (unpaired) electrons. The second kappa shape index (κ2) is 4.24. The molecule has 0 aliphatic carbocycles. The Morgan fingerprint density at radius 2 is 2.33 bits per heavy atom. The van der Waals surface area contributed by atoms with Crippen LogP contribution in [0.1, 0.15) is 16.8 Å². The van der Waals surface area contributed by atoms with Crippen molar-refractivity contribution in [1.29, 1.82) is 0 Å². The van der Waals surface area contributed by atoms with Gasteiger partial charge in [0, 0.05) is 23.5 Å². The smallest absolute Gasteiger partial charge is 0.253 e. The molecule has 3 nitrogen and oxygen atoms in total. The van der Waals surface area contributed by atoms with Crippen LogP contribution in [0.25, 0.3) is 0 Å². The van der Waals surface area contributed by atoms with E-state index in [0.29, 0.717) is 25.1 Å². The number of aliphatic hydroxyl groups is 1. The predicted molar refractivity (Wildman–Crippen MR) is 60.2 cm³/mol. The number of thiol groups is 1. The van der Waals surface area contributed by atoms with Crippen LogP contribution in [0, 0.1) is 0 Å². The van der Waals surface area contributed by atoms with Gasteiger partial charge < -0.3 is 10.0 Å². The van der Waals surface area contributed by atoms with E-state index in [1.54, 1.807) is 17.0 Å². The monoisotopic (exact) mass is 223 g/mol. The van der Waals surface area contributed by atoms with Gasteiger partial charge in [-0.05, 0) is 24.6 Å². The lowest BCUT2D eigenvalue weighted by atomic mass is 10.2. The standard InChI is InChI=1S/C11H13NO2S/c13-9-4-5-12(7-9)11(14)8-2-1-3-10(15)6-8/h1-3,6,9,13,15H,4-5,7H2. The second-order valence-corrected chi connectivity index (χ2v) is 4.26. The Morgan fingerprint density at radius 3 is 2.93 bits per heavy atom. The van der Waals surface area contributed by atoms with Crippen LogP contribution in [0.2, 0.25) is 0 Å². The van der Waals surface area contributed by atoms with Crippen molar-refractivity contribution in [3.63, 3.8) is 0 Å². The van der Waals surface area contributed by atoms with E-state index in [4.69, 9.17) is 0 Å². The third-order valence-electron chi connectivity index (χ3n) is 2.54. The zero-order chi connectivity index (χ0) is 10.8. The zero-order valence-corrected chi connectivity index (χ0v) is 9.15. The van der Waals surface area contributed by atoms with Crippen LogP contribution in [0.4, 0.5) is 0 Å². The molecule has 1 heterocycles. The molecule has 0 bridgehead atoms. The highest BCUT2D eigenvalue weighted by Gasteiger charge is 2.25. The highest BCUT2D eigenvalue weighted by molar-refractivity contribution is 7.80. The van der Waals surface area contributed by atoms with E-state index in [9.17, 15) is 9.90 Å². The van der Waals surface area contributed by atoms with Gasteiger partial charge in [0.1, 0.15) is 0 Å². The zero-order valence-electron chi connectivity index (χ0n) is 8.26. The van der Waals surface area contributed by atoms with Crippen molar-refractivity contribution in [1.82, 2.24) is 4.90 Å². The molecule has 1 unspecified atom stereocenters. The molecule has 80 valence electrons. The summed E-state index contributed by atoms with van der Waals surface area (Å²) in [6.07, 6.45) is 0.305. The van der Waals surface area contributed by atoms with E-state index in [1.165, 1.54) is 0 Å². The minimum Gasteiger partial charge on any atom is -0.391 e. The maximum absolute atomic E-state index is 11.9. The minimum atomic E-state index is -0.367. The molecular weight excluding hydrogens is 210 g/mol. The maximum Gasteiger partial charge on any atom is 0.253 e. The molecule has 1 aliphatic heterocycles. The van der Waals surface area contributed by atoms with E-state index in [2.05, 4.69) is 12.6 Å². The van der Waals surface area contributed by atoms with Gasteiger partial charge in [0.15, 0.2) is 0 Å². The van der Waals surface area contributed by atoms with Crippen molar-refractivity contribution in [3.8, 4) is 0 Å². The van der Waals surface area contributed by atoms with Gasteiger partial charge in [0.2, 0.25) is 0 Å². The average Bonchev–Trinajstić information content (AvgIpc) is 2.64. The summed E-state index contributed by atoms with van der Waals surface area (Å²) in [5, 5.41) is 9.34. The topological polar surface area (TPSA) is 40.5 Å². The molecule has 0 aromatic heterocycles. The van der Waals surface area contributed by atoms with Crippen LogP contribution in [0.15, 0.2) is 29.2 Å². The largest absolute Gasteiger partial charge is 0.391 e. The lowest BCUT2D eigenvalue weighted by molar-refractivity contribution is 0.0764. The van der Waals surface area contributed by atoms with Crippen molar-refractivity contribution in [2.45, 2.75) is 17.4 Å². The fourth-order valence-corrected chi connectivity index (χ4v) is 1.97. The Balaban J connectivity index is 2.14. The van der Waals surface area contributed by atoms with Gasteiger partial charge in [-0.15, -0.1) is 12.6 Å². The Bertz CT molecular complexity index is 381. The van der Waals surface area contributed by atoms with Gasteiger partial charge in [-0.1, -0.05) is 6.07 Å². The van der Waals surface area contributed by atoms with Crippen LogP contribution in [-0.2, 0) is 0 Å². The fourth-order valence-electron chi connectivity index (χ4n) is 1.75. The molecule has 1 aromatic rings. The first-order chi connectivity index (χ1) is 7.16.